The third kappa shape index (κ3) is 5.93. The van der Waals surface area contributed by atoms with Crippen LogP contribution in [0.2, 0.25) is 0 Å². The Balaban J connectivity index is 1.41. The number of amides is 1. The number of rotatable bonds is 8. The van der Waals surface area contributed by atoms with Gasteiger partial charge in [-0.15, -0.1) is 10.2 Å². The number of halogens is 1. The van der Waals surface area contributed by atoms with Crippen molar-refractivity contribution < 1.29 is 18.7 Å². The fourth-order valence-electron chi connectivity index (χ4n) is 3.53. The second-order valence-electron chi connectivity index (χ2n) is 7.72. The first-order chi connectivity index (χ1) is 16.5. The fraction of sp³-hybridized carbons (Fsp3) is 0.333. The molecular formula is C24H25FN4O4S. The number of hydrogen-bond donors (Lipinski definition) is 1. The third-order valence-corrected chi connectivity index (χ3v) is 6.39. The van der Waals surface area contributed by atoms with Crippen molar-refractivity contribution in [3.05, 3.63) is 69.9 Å². The fourth-order valence-corrected chi connectivity index (χ4v) is 4.43. The molecule has 1 aromatic heterocycles. The number of benzene rings is 2. The van der Waals surface area contributed by atoms with Crippen LogP contribution < -0.4 is 15.0 Å². The van der Waals surface area contributed by atoms with Gasteiger partial charge in [-0.25, -0.2) is 4.39 Å². The minimum absolute atomic E-state index is 0.0338. The summed E-state index contributed by atoms with van der Waals surface area (Å²) in [6, 6.07) is 11.2. The van der Waals surface area contributed by atoms with Gasteiger partial charge in [0.2, 0.25) is 5.91 Å². The molecule has 8 nitrogen and oxygen atoms in total. The van der Waals surface area contributed by atoms with Gasteiger partial charge in [0.15, 0.2) is 17.3 Å². The standard InChI is InChI=1S/C24H25FN4O4S/c1-32-21-14-17(4-8-20(21)33-15-16-2-5-18(25)6-3-16)23-26-24(31)19(27-28-23)7-9-22(30)29-10-12-34-13-11-29/h2-6,8,14H,7,9-13,15H2,1H3,(H,26,28,31). The highest BCUT2D eigenvalue weighted by Gasteiger charge is 2.18. The normalized spacial score (nSPS) is 13.5. The van der Waals surface area contributed by atoms with Crippen LogP contribution in [0.5, 0.6) is 11.5 Å². The Morgan fingerprint density at radius 2 is 1.88 bits per heavy atom. The Morgan fingerprint density at radius 1 is 1.12 bits per heavy atom. The average molecular weight is 485 g/mol. The summed E-state index contributed by atoms with van der Waals surface area (Å²) in [6.45, 7) is 1.74. The molecule has 2 aromatic carbocycles. The lowest BCUT2D eigenvalue weighted by atomic mass is 10.2. The molecule has 1 fully saturated rings. The molecule has 1 aliphatic heterocycles. The van der Waals surface area contributed by atoms with Crippen molar-refractivity contribution in [2.45, 2.75) is 19.4 Å². The number of H-pyrrole nitrogens is 1. The molecule has 1 aliphatic rings. The number of aromatic amines is 1. The number of carbonyl (C=O) groups excluding carboxylic acids is 1. The second-order valence-corrected chi connectivity index (χ2v) is 8.95. The molecule has 0 unspecified atom stereocenters. The highest BCUT2D eigenvalue weighted by molar-refractivity contribution is 7.99. The molecule has 0 aliphatic carbocycles. The van der Waals surface area contributed by atoms with E-state index in [0.717, 1.165) is 30.2 Å². The van der Waals surface area contributed by atoms with Crippen molar-refractivity contribution in [3.8, 4) is 22.9 Å². The molecule has 2 heterocycles. The molecule has 0 spiro atoms. The van der Waals surface area contributed by atoms with Crippen LogP contribution in [0, 0.1) is 5.82 Å². The lowest BCUT2D eigenvalue weighted by molar-refractivity contribution is -0.130. The largest absolute Gasteiger partial charge is 0.493 e. The van der Waals surface area contributed by atoms with Crippen molar-refractivity contribution >= 4 is 17.7 Å². The molecule has 10 heteroatoms. The summed E-state index contributed by atoms with van der Waals surface area (Å²) in [4.78, 5) is 29.5. The van der Waals surface area contributed by atoms with Crippen LogP contribution in [-0.2, 0) is 17.8 Å². The van der Waals surface area contributed by atoms with Crippen LogP contribution in [0.4, 0.5) is 4.39 Å². The van der Waals surface area contributed by atoms with Crippen LogP contribution in [-0.4, -0.2) is 57.7 Å². The zero-order chi connectivity index (χ0) is 23.9. The summed E-state index contributed by atoms with van der Waals surface area (Å²) in [5, 5.41) is 8.20. The van der Waals surface area contributed by atoms with Crippen LogP contribution in [0.15, 0.2) is 47.3 Å². The molecular weight excluding hydrogens is 459 g/mol. The molecule has 178 valence electrons. The number of nitrogens with one attached hydrogen (secondary N) is 1. The quantitative estimate of drug-likeness (QED) is 0.525. The minimum atomic E-state index is -0.373. The maximum atomic E-state index is 13.1. The van der Waals surface area contributed by atoms with Gasteiger partial charge >= 0.3 is 0 Å². The number of aryl methyl sites for hydroxylation is 1. The first-order valence-corrected chi connectivity index (χ1v) is 12.1. The van der Waals surface area contributed by atoms with Gasteiger partial charge in [-0.2, -0.15) is 11.8 Å². The number of thioether (sulfide) groups is 1. The smallest absolute Gasteiger partial charge is 0.273 e. The first-order valence-electron chi connectivity index (χ1n) is 10.9. The molecule has 0 saturated carbocycles. The number of ether oxygens (including phenoxy) is 2. The molecule has 3 aromatic rings. The lowest BCUT2D eigenvalue weighted by Gasteiger charge is -2.26. The molecule has 4 rings (SSSR count). The second kappa shape index (κ2) is 11.1. The van der Waals surface area contributed by atoms with Gasteiger partial charge in [0, 0.05) is 43.0 Å². The summed E-state index contributed by atoms with van der Waals surface area (Å²) in [7, 11) is 1.51. The Kier molecular flexibility index (Phi) is 7.79. The summed E-state index contributed by atoms with van der Waals surface area (Å²) in [6.07, 6.45) is 0.472. The van der Waals surface area contributed by atoms with E-state index in [-0.39, 0.29) is 48.3 Å². The summed E-state index contributed by atoms with van der Waals surface area (Å²) < 4.78 is 24.3. The topological polar surface area (TPSA) is 97.4 Å². The van der Waals surface area contributed by atoms with E-state index in [4.69, 9.17) is 9.47 Å². The summed E-state index contributed by atoms with van der Waals surface area (Å²) in [5.74, 6) is 2.86. The molecule has 0 radical (unpaired) electrons. The van der Waals surface area contributed by atoms with Crippen molar-refractivity contribution in [1.29, 1.82) is 0 Å². The summed E-state index contributed by atoms with van der Waals surface area (Å²) in [5.41, 5.74) is 1.28. The summed E-state index contributed by atoms with van der Waals surface area (Å²) >= 11 is 1.84. The SMILES string of the molecule is COc1cc(-c2nnc(CCC(=O)N3CCSCC3)c(=O)[nH]2)ccc1OCc1ccc(F)cc1. The van der Waals surface area contributed by atoms with E-state index in [1.165, 1.54) is 19.2 Å². The number of carbonyl (C=O) groups is 1. The maximum Gasteiger partial charge on any atom is 0.273 e. The maximum absolute atomic E-state index is 13.1. The lowest BCUT2D eigenvalue weighted by Crippen LogP contribution is -2.38. The van der Waals surface area contributed by atoms with E-state index in [1.807, 2.05) is 16.7 Å². The van der Waals surface area contributed by atoms with Crippen molar-refractivity contribution in [2.24, 2.45) is 0 Å². The van der Waals surface area contributed by atoms with E-state index < -0.39 is 0 Å². The number of nitrogens with zero attached hydrogens (tertiary/aromatic N) is 3. The van der Waals surface area contributed by atoms with Crippen LogP contribution in [0.3, 0.4) is 0 Å². The average Bonchev–Trinajstić information content (AvgIpc) is 2.88. The predicted molar refractivity (Wildman–Crippen MR) is 128 cm³/mol. The zero-order valence-electron chi connectivity index (χ0n) is 18.8. The van der Waals surface area contributed by atoms with Gasteiger partial charge in [0.25, 0.3) is 5.56 Å². The monoisotopic (exact) mass is 484 g/mol. The number of methoxy groups -OCH3 is 1. The highest BCUT2D eigenvalue weighted by Crippen LogP contribution is 2.31. The first kappa shape index (κ1) is 23.7. The third-order valence-electron chi connectivity index (χ3n) is 5.45. The number of hydrogen-bond acceptors (Lipinski definition) is 7. The van der Waals surface area contributed by atoms with Gasteiger partial charge in [0.1, 0.15) is 18.1 Å². The Labute approximate surface area is 200 Å². The van der Waals surface area contributed by atoms with Crippen LogP contribution in [0.1, 0.15) is 17.7 Å². The molecule has 1 saturated heterocycles. The van der Waals surface area contributed by atoms with Crippen molar-refractivity contribution in [3.63, 3.8) is 0 Å². The van der Waals surface area contributed by atoms with Crippen molar-refractivity contribution in [2.75, 3.05) is 31.7 Å². The molecule has 1 N–H and O–H groups in total. The van der Waals surface area contributed by atoms with E-state index in [1.54, 1.807) is 30.3 Å². The van der Waals surface area contributed by atoms with E-state index in [2.05, 4.69) is 15.2 Å². The highest BCUT2D eigenvalue weighted by atomic mass is 32.2. The van der Waals surface area contributed by atoms with Crippen molar-refractivity contribution in [1.82, 2.24) is 20.1 Å². The van der Waals surface area contributed by atoms with Crippen LogP contribution in [0.25, 0.3) is 11.4 Å². The predicted octanol–water partition coefficient (Wildman–Crippen LogP) is 3.07. The number of aromatic nitrogens is 3. The Bertz CT molecular complexity index is 1200. The molecule has 0 bridgehead atoms. The molecule has 0 atom stereocenters. The zero-order valence-corrected chi connectivity index (χ0v) is 19.6. The Morgan fingerprint density at radius 3 is 2.59 bits per heavy atom. The van der Waals surface area contributed by atoms with Crippen LogP contribution >= 0.6 is 11.8 Å². The minimum Gasteiger partial charge on any atom is -0.493 e. The molecule has 34 heavy (non-hydrogen) atoms. The van der Waals surface area contributed by atoms with E-state index in [9.17, 15) is 14.0 Å². The van der Waals surface area contributed by atoms with E-state index in [0.29, 0.717) is 17.1 Å². The Hall–Kier alpha value is -3.40. The molecule has 1 amide bonds. The van der Waals surface area contributed by atoms with Gasteiger partial charge < -0.3 is 19.4 Å². The van der Waals surface area contributed by atoms with E-state index >= 15 is 0 Å². The van der Waals surface area contributed by atoms with Gasteiger partial charge in [-0.3, -0.25) is 9.59 Å². The van der Waals surface area contributed by atoms with Gasteiger partial charge in [0.05, 0.1) is 7.11 Å². The van der Waals surface area contributed by atoms with Gasteiger partial charge in [-0.05, 0) is 35.9 Å². The van der Waals surface area contributed by atoms with Gasteiger partial charge in [-0.1, -0.05) is 12.1 Å².